The second kappa shape index (κ2) is 9.79. The highest BCUT2D eigenvalue weighted by Gasteiger charge is 2.60. The Bertz CT molecular complexity index is 1970. The molecule has 0 bridgehead atoms. The van der Waals surface area contributed by atoms with Gasteiger partial charge in [0.2, 0.25) is 0 Å². The molecule has 0 saturated heterocycles. The summed E-state index contributed by atoms with van der Waals surface area (Å²) in [5.74, 6) is -6.02. The lowest BCUT2D eigenvalue weighted by atomic mass is 10.2. The lowest BCUT2D eigenvalue weighted by Gasteiger charge is -2.17. The van der Waals surface area contributed by atoms with Crippen molar-refractivity contribution in [3.63, 3.8) is 0 Å². The Morgan fingerprint density at radius 3 is 2.29 bits per heavy atom. The van der Waals surface area contributed by atoms with E-state index in [4.69, 9.17) is 0 Å². The summed E-state index contributed by atoms with van der Waals surface area (Å²) in [5, 5.41) is 10.6. The van der Waals surface area contributed by atoms with Gasteiger partial charge in [-0.05, 0) is 42.5 Å². The third-order valence-electron chi connectivity index (χ3n) is 6.06. The van der Waals surface area contributed by atoms with E-state index in [9.17, 15) is 35.2 Å². The Kier molecular flexibility index (Phi) is 6.80. The number of aromatic nitrogens is 8. The highest BCUT2D eigenvalue weighted by Crippen LogP contribution is 2.43. The molecule has 1 aromatic carbocycles. The molecule has 0 saturated carbocycles. The largest absolute Gasteiger partial charge is 0.459 e. The van der Waals surface area contributed by atoms with Crippen LogP contribution in [0.5, 0.6) is 0 Å². The van der Waals surface area contributed by atoms with E-state index in [-0.39, 0.29) is 33.6 Å². The maximum absolute atomic E-state index is 13.9. The van der Waals surface area contributed by atoms with Crippen molar-refractivity contribution >= 4 is 36.9 Å². The van der Waals surface area contributed by atoms with Gasteiger partial charge in [0.1, 0.15) is 23.2 Å². The fourth-order valence-corrected chi connectivity index (χ4v) is 5.14. The summed E-state index contributed by atoms with van der Waals surface area (Å²) >= 11 is 3.31. The topological polar surface area (TPSA) is 130 Å². The molecule has 0 spiro atoms. The van der Waals surface area contributed by atoms with Crippen LogP contribution < -0.4 is 5.69 Å². The first-order valence-electron chi connectivity index (χ1n) is 11.5. The summed E-state index contributed by atoms with van der Waals surface area (Å²) < 4.78 is 96.4. The Morgan fingerprint density at radius 1 is 0.976 bits per heavy atom. The van der Waals surface area contributed by atoms with Gasteiger partial charge in [-0.15, -0.1) is 10.2 Å². The average Bonchev–Trinajstić information content (AvgIpc) is 3.47. The van der Waals surface area contributed by atoms with E-state index in [2.05, 4.69) is 41.2 Å². The lowest BCUT2D eigenvalue weighted by Crippen LogP contribution is -2.34. The number of aryl methyl sites for hydroxylation is 1. The standard InChI is InChI=1S/C23H16BrF5N8O3S/c1-3-41(39,40)15-8-9-17(37-21(38)36(11-30-37)13-6-4-12(24)5-7-13)32-18(15)20-31-14-10-16(22(25,26)23(27,28)29)33-34-19(14)35(20)2/h4-11H,3H2,1-2H3. The Hall–Kier alpha value is -4.06. The molecular weight excluding hydrogens is 643 g/mol. The number of alkyl halides is 5. The summed E-state index contributed by atoms with van der Waals surface area (Å²) in [4.78, 5) is 21.2. The molecular formula is C23H16BrF5N8O3S. The maximum Gasteiger partial charge on any atom is 0.459 e. The first-order valence-corrected chi connectivity index (χ1v) is 13.9. The van der Waals surface area contributed by atoms with E-state index >= 15 is 0 Å². The zero-order valence-corrected chi connectivity index (χ0v) is 23.2. The SMILES string of the molecule is CCS(=O)(=O)c1ccc(-n2ncn(-c3ccc(Br)cc3)c2=O)nc1-c1nc2cc(C(F)(F)C(F)(F)F)nnc2n1C. The Balaban J connectivity index is 1.70. The minimum atomic E-state index is -5.93. The predicted molar refractivity (Wildman–Crippen MR) is 138 cm³/mol. The fraction of sp³-hybridized carbons (Fsp3) is 0.217. The van der Waals surface area contributed by atoms with Gasteiger partial charge in [0.15, 0.2) is 27.1 Å². The second-order valence-corrected chi connectivity index (χ2v) is 11.8. The molecule has 4 aromatic heterocycles. The fourth-order valence-electron chi connectivity index (χ4n) is 3.86. The zero-order valence-electron chi connectivity index (χ0n) is 20.8. The summed E-state index contributed by atoms with van der Waals surface area (Å²) in [6.07, 6.45) is -4.70. The van der Waals surface area contributed by atoms with E-state index in [1.165, 1.54) is 37.0 Å². The van der Waals surface area contributed by atoms with Crippen molar-refractivity contribution in [2.75, 3.05) is 5.75 Å². The van der Waals surface area contributed by atoms with E-state index in [0.29, 0.717) is 11.8 Å². The number of pyridine rings is 1. The van der Waals surface area contributed by atoms with Crippen LogP contribution in [0.4, 0.5) is 22.0 Å². The second-order valence-electron chi connectivity index (χ2n) is 8.60. The normalized spacial score (nSPS) is 12.8. The lowest BCUT2D eigenvalue weighted by molar-refractivity contribution is -0.291. The van der Waals surface area contributed by atoms with Crippen LogP contribution in [0.1, 0.15) is 12.6 Å². The monoisotopic (exact) mass is 658 g/mol. The predicted octanol–water partition coefficient (Wildman–Crippen LogP) is 3.97. The summed E-state index contributed by atoms with van der Waals surface area (Å²) in [7, 11) is -2.65. The van der Waals surface area contributed by atoms with Crippen LogP contribution in [-0.4, -0.2) is 59.4 Å². The number of hydrogen-bond donors (Lipinski definition) is 0. The molecule has 18 heteroatoms. The number of imidazole rings is 1. The molecule has 5 aromatic rings. The van der Waals surface area contributed by atoms with Crippen molar-refractivity contribution < 1.29 is 30.4 Å². The molecule has 41 heavy (non-hydrogen) atoms. The quantitative estimate of drug-likeness (QED) is 0.251. The van der Waals surface area contributed by atoms with E-state index in [1.54, 1.807) is 24.3 Å². The van der Waals surface area contributed by atoms with Gasteiger partial charge in [0.05, 0.1) is 16.3 Å². The number of halogens is 6. The van der Waals surface area contributed by atoms with Crippen molar-refractivity contribution in [2.45, 2.75) is 23.9 Å². The van der Waals surface area contributed by atoms with Crippen molar-refractivity contribution in [3.05, 3.63) is 69.4 Å². The van der Waals surface area contributed by atoms with E-state index in [0.717, 1.165) is 13.7 Å². The minimum Gasteiger partial charge on any atom is -0.309 e. The van der Waals surface area contributed by atoms with Gasteiger partial charge < -0.3 is 4.57 Å². The van der Waals surface area contributed by atoms with Crippen LogP contribution in [0.2, 0.25) is 0 Å². The molecule has 0 amide bonds. The molecule has 0 atom stereocenters. The molecule has 11 nitrogen and oxygen atoms in total. The molecule has 4 heterocycles. The maximum atomic E-state index is 13.9. The molecule has 0 aliphatic carbocycles. The average molecular weight is 659 g/mol. The first kappa shape index (κ1) is 28.5. The Labute approximate surface area is 235 Å². The van der Waals surface area contributed by atoms with Gasteiger partial charge in [-0.3, -0.25) is 0 Å². The molecule has 214 valence electrons. The van der Waals surface area contributed by atoms with Crippen LogP contribution in [0.25, 0.3) is 34.2 Å². The van der Waals surface area contributed by atoms with Gasteiger partial charge in [0.25, 0.3) is 0 Å². The van der Waals surface area contributed by atoms with Crippen LogP contribution in [0.3, 0.4) is 0 Å². The molecule has 0 fully saturated rings. The Morgan fingerprint density at radius 2 is 1.66 bits per heavy atom. The number of sulfone groups is 1. The number of rotatable bonds is 6. The molecule has 0 N–H and O–H groups in total. The van der Waals surface area contributed by atoms with Crippen molar-refractivity contribution in [2.24, 2.45) is 7.05 Å². The zero-order chi connectivity index (χ0) is 29.9. The van der Waals surface area contributed by atoms with E-state index < -0.39 is 38.8 Å². The smallest absolute Gasteiger partial charge is 0.309 e. The third kappa shape index (κ3) is 4.79. The van der Waals surface area contributed by atoms with Crippen LogP contribution in [0.15, 0.2) is 63.0 Å². The number of hydrogen-bond acceptors (Lipinski definition) is 8. The van der Waals surface area contributed by atoms with Crippen LogP contribution in [-0.2, 0) is 22.8 Å². The number of benzene rings is 1. The molecule has 0 unspecified atom stereocenters. The molecule has 0 radical (unpaired) electrons. The van der Waals surface area contributed by atoms with E-state index in [1.807, 2.05) is 0 Å². The highest BCUT2D eigenvalue weighted by molar-refractivity contribution is 9.10. The van der Waals surface area contributed by atoms with Gasteiger partial charge in [0, 0.05) is 11.5 Å². The van der Waals surface area contributed by atoms with Gasteiger partial charge in [-0.2, -0.15) is 31.7 Å². The first-order chi connectivity index (χ1) is 19.2. The number of nitrogens with zero attached hydrogens (tertiary/aromatic N) is 8. The third-order valence-corrected chi connectivity index (χ3v) is 8.34. The summed E-state index contributed by atoms with van der Waals surface area (Å²) in [6.45, 7) is 1.38. The molecule has 5 rings (SSSR count). The molecule has 0 aliphatic rings. The van der Waals surface area contributed by atoms with Crippen LogP contribution in [0, 0.1) is 0 Å². The van der Waals surface area contributed by atoms with Gasteiger partial charge in [-0.25, -0.2) is 27.7 Å². The van der Waals surface area contributed by atoms with Gasteiger partial charge in [-0.1, -0.05) is 22.9 Å². The summed E-state index contributed by atoms with van der Waals surface area (Å²) in [5.41, 5.74) is -2.79. The van der Waals surface area contributed by atoms with Crippen molar-refractivity contribution in [1.82, 2.24) is 39.1 Å². The highest BCUT2D eigenvalue weighted by atomic mass is 79.9. The van der Waals surface area contributed by atoms with Gasteiger partial charge >= 0.3 is 17.8 Å². The van der Waals surface area contributed by atoms with Crippen LogP contribution >= 0.6 is 15.9 Å². The van der Waals surface area contributed by atoms with Crippen molar-refractivity contribution in [1.29, 1.82) is 0 Å². The van der Waals surface area contributed by atoms with Crippen molar-refractivity contribution in [3.8, 4) is 23.0 Å². The minimum absolute atomic E-state index is 0.113. The number of fused-ring (bicyclic) bond motifs is 1. The molecule has 0 aliphatic heterocycles. The summed E-state index contributed by atoms with van der Waals surface area (Å²) in [6, 6.07) is 9.58.